The fraction of sp³-hybridized carbons (Fsp3) is 0.250. The molecule has 0 radical (unpaired) electrons. The number of hydrogen-bond donors (Lipinski definition) is 0. The van der Waals surface area contributed by atoms with Gasteiger partial charge in [0.25, 0.3) is 0 Å². The van der Waals surface area contributed by atoms with Crippen LogP contribution in [0.3, 0.4) is 0 Å². The lowest BCUT2D eigenvalue weighted by atomic mass is 10.3. The summed E-state index contributed by atoms with van der Waals surface area (Å²) in [6.45, 7) is 2.99. The molecule has 0 aromatic heterocycles. The van der Waals surface area contributed by atoms with Crippen LogP contribution in [0.1, 0.15) is 13.8 Å². The van der Waals surface area contributed by atoms with Crippen molar-refractivity contribution >= 4 is 6.16 Å². The van der Waals surface area contributed by atoms with Gasteiger partial charge in [0, 0.05) is 0 Å². The Bertz CT molecular complexity index is 540. The van der Waals surface area contributed by atoms with Gasteiger partial charge in [0.15, 0.2) is 0 Å². The van der Waals surface area contributed by atoms with E-state index in [2.05, 4.69) is 9.47 Å². The van der Waals surface area contributed by atoms with Gasteiger partial charge < -0.3 is 9.47 Å². The zero-order valence-corrected chi connectivity index (χ0v) is 10.4. The Morgan fingerprint density at radius 3 is 1.90 bits per heavy atom. The minimum absolute atomic E-state index is 0.245. The first kappa shape index (κ1) is 15.9. The van der Waals surface area contributed by atoms with Crippen LogP contribution < -0.4 is 4.74 Å². The summed E-state index contributed by atoms with van der Waals surface area (Å²) >= 11 is 0. The molecule has 0 N–H and O–H groups in total. The van der Waals surface area contributed by atoms with Crippen molar-refractivity contribution in [3.8, 4) is 5.75 Å². The van der Waals surface area contributed by atoms with E-state index in [4.69, 9.17) is 0 Å². The van der Waals surface area contributed by atoms with Gasteiger partial charge in [-0.2, -0.15) is 8.78 Å². The van der Waals surface area contributed by atoms with Gasteiger partial charge in [-0.25, -0.2) is 18.0 Å². The average molecular weight is 296 g/mol. The molecule has 1 rings (SSSR count). The van der Waals surface area contributed by atoms with E-state index in [9.17, 15) is 26.7 Å². The van der Waals surface area contributed by atoms with Crippen LogP contribution >= 0.6 is 0 Å². The molecule has 0 saturated heterocycles. The Morgan fingerprint density at radius 1 is 1.00 bits per heavy atom. The molecule has 1 aromatic carbocycles. The lowest BCUT2D eigenvalue weighted by Gasteiger charge is -2.09. The zero-order chi connectivity index (χ0) is 15.4. The molecule has 0 spiro atoms. The van der Waals surface area contributed by atoms with Crippen molar-refractivity contribution in [2.45, 2.75) is 13.8 Å². The summed E-state index contributed by atoms with van der Waals surface area (Å²) < 4.78 is 73.1. The van der Waals surface area contributed by atoms with Crippen LogP contribution in [0.4, 0.5) is 26.7 Å². The number of benzene rings is 1. The van der Waals surface area contributed by atoms with Gasteiger partial charge in [0.1, 0.15) is 6.61 Å². The molecule has 0 amide bonds. The summed E-state index contributed by atoms with van der Waals surface area (Å²) in [5.41, 5.74) is 0.597. The van der Waals surface area contributed by atoms with Crippen molar-refractivity contribution < 1.29 is 36.2 Å². The summed E-state index contributed by atoms with van der Waals surface area (Å²) in [7, 11) is 0. The van der Waals surface area contributed by atoms with Crippen molar-refractivity contribution in [2.75, 3.05) is 6.61 Å². The summed E-state index contributed by atoms with van der Waals surface area (Å²) in [4.78, 5) is 11.1. The SMILES string of the molecule is CC=C(C)COC(=O)Oc1c(F)c(F)c(F)c(F)c1F. The van der Waals surface area contributed by atoms with Crippen LogP contribution in [0.2, 0.25) is 0 Å². The highest BCUT2D eigenvalue weighted by Crippen LogP contribution is 2.29. The Balaban J connectivity index is 2.96. The standard InChI is InChI=1S/C12H9F5O3/c1-3-5(2)4-19-12(18)20-11-9(16)7(14)6(13)8(15)10(11)17/h3H,4H2,1-2H3. The van der Waals surface area contributed by atoms with E-state index in [-0.39, 0.29) is 6.61 Å². The molecule has 0 heterocycles. The number of carbonyl (C=O) groups is 1. The molecular formula is C12H9F5O3. The normalized spacial score (nSPS) is 11.4. The minimum Gasteiger partial charge on any atom is -0.429 e. The van der Waals surface area contributed by atoms with Crippen LogP contribution in [0.15, 0.2) is 11.6 Å². The fourth-order valence-electron chi connectivity index (χ4n) is 1.04. The Labute approximate surface area is 110 Å². The quantitative estimate of drug-likeness (QED) is 0.212. The molecule has 0 aliphatic rings. The number of halogens is 5. The second kappa shape index (κ2) is 6.36. The van der Waals surface area contributed by atoms with E-state index in [1.54, 1.807) is 19.9 Å². The number of rotatable bonds is 3. The summed E-state index contributed by atoms with van der Waals surface area (Å²) in [5.74, 6) is -13.0. The van der Waals surface area contributed by atoms with Crippen molar-refractivity contribution in [2.24, 2.45) is 0 Å². The Kier molecular flexibility index (Phi) is 5.06. The van der Waals surface area contributed by atoms with Gasteiger partial charge in [-0.15, -0.1) is 0 Å². The van der Waals surface area contributed by atoms with E-state index >= 15 is 0 Å². The van der Waals surface area contributed by atoms with Gasteiger partial charge in [0.05, 0.1) is 0 Å². The van der Waals surface area contributed by atoms with Crippen molar-refractivity contribution in [1.29, 1.82) is 0 Å². The van der Waals surface area contributed by atoms with Crippen molar-refractivity contribution in [1.82, 2.24) is 0 Å². The zero-order valence-electron chi connectivity index (χ0n) is 10.4. The highest BCUT2D eigenvalue weighted by Gasteiger charge is 2.28. The predicted molar refractivity (Wildman–Crippen MR) is 57.6 cm³/mol. The van der Waals surface area contributed by atoms with Gasteiger partial charge in [0.2, 0.25) is 34.8 Å². The van der Waals surface area contributed by atoms with E-state index in [1.807, 2.05) is 0 Å². The maximum Gasteiger partial charge on any atom is 0.514 e. The Hall–Kier alpha value is -2.12. The predicted octanol–water partition coefficient (Wildman–Crippen LogP) is 3.86. The van der Waals surface area contributed by atoms with E-state index < -0.39 is 41.0 Å². The monoisotopic (exact) mass is 296 g/mol. The molecule has 20 heavy (non-hydrogen) atoms. The average Bonchev–Trinajstić information content (AvgIpc) is 2.44. The van der Waals surface area contributed by atoms with Crippen LogP contribution in [-0.4, -0.2) is 12.8 Å². The topological polar surface area (TPSA) is 35.5 Å². The summed E-state index contributed by atoms with van der Waals surface area (Å²) in [6.07, 6.45) is 0.000454. The molecule has 0 aliphatic carbocycles. The third kappa shape index (κ3) is 3.25. The molecule has 3 nitrogen and oxygen atoms in total. The molecule has 0 unspecified atom stereocenters. The van der Waals surface area contributed by atoms with Crippen LogP contribution in [-0.2, 0) is 4.74 Å². The van der Waals surface area contributed by atoms with Crippen molar-refractivity contribution in [3.63, 3.8) is 0 Å². The van der Waals surface area contributed by atoms with Gasteiger partial charge >= 0.3 is 6.16 Å². The third-order valence-corrected chi connectivity index (χ3v) is 2.27. The lowest BCUT2D eigenvalue weighted by molar-refractivity contribution is 0.103. The van der Waals surface area contributed by atoms with E-state index in [1.165, 1.54) is 0 Å². The molecule has 1 aromatic rings. The van der Waals surface area contributed by atoms with Gasteiger partial charge in [-0.1, -0.05) is 6.08 Å². The second-order valence-electron chi connectivity index (χ2n) is 3.67. The molecule has 0 saturated carbocycles. The molecule has 8 heteroatoms. The van der Waals surface area contributed by atoms with E-state index in [0.717, 1.165) is 0 Å². The number of carbonyl (C=O) groups excluding carboxylic acids is 1. The number of ether oxygens (including phenoxy) is 2. The number of hydrogen-bond acceptors (Lipinski definition) is 3. The van der Waals surface area contributed by atoms with Gasteiger partial charge in [-0.05, 0) is 19.4 Å². The van der Waals surface area contributed by atoms with Gasteiger partial charge in [-0.3, -0.25) is 0 Å². The molecule has 110 valence electrons. The van der Waals surface area contributed by atoms with E-state index in [0.29, 0.717) is 5.57 Å². The van der Waals surface area contributed by atoms with Crippen LogP contribution in [0.5, 0.6) is 5.75 Å². The highest BCUT2D eigenvalue weighted by atomic mass is 19.2. The summed E-state index contributed by atoms with van der Waals surface area (Å²) in [6, 6.07) is 0. The molecular weight excluding hydrogens is 287 g/mol. The maximum absolute atomic E-state index is 13.2. The highest BCUT2D eigenvalue weighted by molar-refractivity contribution is 5.64. The maximum atomic E-state index is 13.2. The summed E-state index contributed by atoms with van der Waals surface area (Å²) in [5, 5.41) is 0. The Morgan fingerprint density at radius 2 is 1.45 bits per heavy atom. The molecule has 0 aliphatic heterocycles. The van der Waals surface area contributed by atoms with Crippen LogP contribution in [0.25, 0.3) is 0 Å². The number of allylic oxidation sites excluding steroid dienone is 1. The first-order valence-corrected chi connectivity index (χ1v) is 5.27. The largest absolute Gasteiger partial charge is 0.514 e. The molecule has 0 bridgehead atoms. The lowest BCUT2D eigenvalue weighted by Crippen LogP contribution is -2.15. The first-order valence-electron chi connectivity index (χ1n) is 5.27. The third-order valence-electron chi connectivity index (χ3n) is 2.27. The smallest absolute Gasteiger partial charge is 0.429 e. The first-order chi connectivity index (χ1) is 9.29. The second-order valence-corrected chi connectivity index (χ2v) is 3.67. The fourth-order valence-corrected chi connectivity index (χ4v) is 1.04. The molecule has 0 atom stereocenters. The van der Waals surface area contributed by atoms with Crippen LogP contribution in [0, 0.1) is 29.1 Å². The molecule has 0 fully saturated rings. The van der Waals surface area contributed by atoms with Crippen molar-refractivity contribution in [3.05, 3.63) is 40.7 Å². The minimum atomic E-state index is -2.34.